The monoisotopic (exact) mass is 368 g/mol. The lowest BCUT2D eigenvalue weighted by Gasteiger charge is -2.09. The molecule has 0 aliphatic heterocycles. The van der Waals surface area contributed by atoms with Gasteiger partial charge in [-0.15, -0.1) is 10.2 Å². The molecule has 134 valence electrons. The first-order valence-corrected chi connectivity index (χ1v) is 9.74. The Kier molecular flexibility index (Phi) is 5.18. The molecule has 6 nitrogen and oxygen atoms in total. The summed E-state index contributed by atoms with van der Waals surface area (Å²) in [5, 5.41) is 11.1. The van der Waals surface area contributed by atoms with Crippen LogP contribution in [-0.4, -0.2) is 18.6 Å². The fraction of sp³-hybridized carbons (Fsp3) is 0.158. The highest BCUT2D eigenvalue weighted by atomic mass is 32.2. The maximum absolute atomic E-state index is 12.4. The molecule has 3 aromatic rings. The maximum Gasteiger partial charge on any atom is 0.263 e. The van der Waals surface area contributed by atoms with Gasteiger partial charge in [0, 0.05) is 5.69 Å². The van der Waals surface area contributed by atoms with Crippen LogP contribution in [-0.2, 0) is 16.4 Å². The molecule has 1 aromatic heterocycles. The van der Waals surface area contributed by atoms with E-state index in [1.165, 1.54) is 5.56 Å². The number of benzene rings is 2. The van der Waals surface area contributed by atoms with Gasteiger partial charge in [-0.05, 0) is 55.3 Å². The number of aromatic nitrogens is 2. The number of rotatable bonds is 6. The highest BCUT2D eigenvalue weighted by molar-refractivity contribution is 7.92. The Morgan fingerprint density at radius 2 is 1.46 bits per heavy atom. The van der Waals surface area contributed by atoms with Crippen LogP contribution in [0, 0.1) is 6.92 Å². The molecular weight excluding hydrogens is 348 g/mol. The van der Waals surface area contributed by atoms with E-state index in [4.69, 9.17) is 0 Å². The number of aryl methyl sites for hydroxylation is 2. The highest BCUT2D eigenvalue weighted by Crippen LogP contribution is 2.18. The van der Waals surface area contributed by atoms with Gasteiger partial charge >= 0.3 is 0 Å². The van der Waals surface area contributed by atoms with Crippen LogP contribution >= 0.6 is 0 Å². The number of anilines is 3. The fourth-order valence-electron chi connectivity index (χ4n) is 2.34. The average Bonchev–Trinajstić information content (AvgIpc) is 2.64. The summed E-state index contributed by atoms with van der Waals surface area (Å²) in [5.74, 6) is 0.699. The molecule has 0 fully saturated rings. The van der Waals surface area contributed by atoms with E-state index in [2.05, 4.69) is 27.2 Å². The quantitative estimate of drug-likeness (QED) is 0.689. The summed E-state index contributed by atoms with van der Waals surface area (Å²) in [7, 11) is -3.68. The van der Waals surface area contributed by atoms with Gasteiger partial charge in [0.25, 0.3) is 10.0 Å². The number of nitrogens with zero attached hydrogens (tertiary/aromatic N) is 2. The van der Waals surface area contributed by atoms with Gasteiger partial charge in [-0.3, -0.25) is 4.72 Å². The first-order chi connectivity index (χ1) is 12.5. The summed E-state index contributed by atoms with van der Waals surface area (Å²) in [5.41, 5.74) is 3.14. The largest absolute Gasteiger partial charge is 0.339 e. The summed E-state index contributed by atoms with van der Waals surface area (Å²) in [6.07, 6.45) is 0.982. The summed E-state index contributed by atoms with van der Waals surface area (Å²) in [4.78, 5) is 0.183. The fourth-order valence-corrected chi connectivity index (χ4v) is 3.34. The van der Waals surface area contributed by atoms with Crippen molar-refractivity contribution in [2.24, 2.45) is 0 Å². The van der Waals surface area contributed by atoms with E-state index in [-0.39, 0.29) is 10.7 Å². The van der Waals surface area contributed by atoms with Crippen molar-refractivity contribution in [2.75, 3.05) is 10.0 Å². The van der Waals surface area contributed by atoms with Crippen LogP contribution in [0.1, 0.15) is 18.1 Å². The standard InChI is InChI=1S/C19H20N4O2S/c1-3-15-6-8-16(9-7-15)20-18-12-13-19(22-21-18)23-26(24,25)17-10-4-14(2)5-11-17/h4-13H,3H2,1-2H3,(H,20,21)(H,22,23). The van der Waals surface area contributed by atoms with Crippen LogP contribution in [0.4, 0.5) is 17.3 Å². The minimum absolute atomic E-state index is 0.164. The molecule has 0 saturated carbocycles. The Hall–Kier alpha value is -2.93. The van der Waals surface area contributed by atoms with Gasteiger partial charge in [0.1, 0.15) is 0 Å². The normalized spacial score (nSPS) is 11.2. The van der Waals surface area contributed by atoms with Crippen LogP contribution in [0.2, 0.25) is 0 Å². The molecule has 0 saturated heterocycles. The van der Waals surface area contributed by atoms with Crippen molar-refractivity contribution < 1.29 is 8.42 Å². The van der Waals surface area contributed by atoms with Crippen LogP contribution in [0.25, 0.3) is 0 Å². The molecule has 2 aromatic carbocycles. The second kappa shape index (κ2) is 7.53. The van der Waals surface area contributed by atoms with Crippen molar-refractivity contribution in [3.8, 4) is 0 Å². The molecule has 0 amide bonds. The Morgan fingerprint density at radius 3 is 2.04 bits per heavy atom. The lowest BCUT2D eigenvalue weighted by Crippen LogP contribution is -2.14. The van der Waals surface area contributed by atoms with Crippen molar-refractivity contribution >= 4 is 27.3 Å². The Morgan fingerprint density at radius 1 is 0.846 bits per heavy atom. The Bertz CT molecular complexity index is 968. The number of sulfonamides is 1. The van der Waals surface area contributed by atoms with E-state index in [9.17, 15) is 8.42 Å². The van der Waals surface area contributed by atoms with E-state index in [0.29, 0.717) is 5.82 Å². The summed E-state index contributed by atoms with van der Waals surface area (Å²) in [6, 6.07) is 17.9. The van der Waals surface area contributed by atoms with E-state index >= 15 is 0 Å². The first kappa shape index (κ1) is 17.9. The topological polar surface area (TPSA) is 84.0 Å². The van der Waals surface area contributed by atoms with Gasteiger partial charge in [0.2, 0.25) is 0 Å². The third kappa shape index (κ3) is 4.37. The second-order valence-corrected chi connectivity index (χ2v) is 7.58. The molecule has 0 radical (unpaired) electrons. The van der Waals surface area contributed by atoms with Gasteiger partial charge in [-0.25, -0.2) is 8.42 Å². The van der Waals surface area contributed by atoms with Crippen molar-refractivity contribution in [3.63, 3.8) is 0 Å². The maximum atomic E-state index is 12.4. The Labute approximate surface area is 153 Å². The molecular formula is C19H20N4O2S. The number of hydrogen-bond donors (Lipinski definition) is 2. The summed E-state index contributed by atoms with van der Waals surface area (Å²) < 4.78 is 27.1. The molecule has 3 rings (SSSR count). The van der Waals surface area contributed by atoms with Crippen LogP contribution < -0.4 is 10.0 Å². The lowest BCUT2D eigenvalue weighted by molar-refractivity contribution is 0.601. The van der Waals surface area contributed by atoms with Gasteiger partial charge < -0.3 is 5.32 Å². The van der Waals surface area contributed by atoms with E-state index in [1.54, 1.807) is 36.4 Å². The molecule has 2 N–H and O–H groups in total. The number of hydrogen-bond acceptors (Lipinski definition) is 5. The first-order valence-electron chi connectivity index (χ1n) is 8.25. The third-order valence-electron chi connectivity index (χ3n) is 3.87. The lowest BCUT2D eigenvalue weighted by atomic mass is 10.1. The second-order valence-electron chi connectivity index (χ2n) is 5.90. The zero-order chi connectivity index (χ0) is 18.6. The van der Waals surface area contributed by atoms with Crippen LogP contribution in [0.5, 0.6) is 0 Å². The third-order valence-corrected chi connectivity index (χ3v) is 5.24. The van der Waals surface area contributed by atoms with Crippen molar-refractivity contribution in [2.45, 2.75) is 25.2 Å². The minimum atomic E-state index is -3.68. The van der Waals surface area contributed by atoms with E-state index < -0.39 is 10.0 Å². The smallest absolute Gasteiger partial charge is 0.263 e. The average molecular weight is 368 g/mol. The van der Waals surface area contributed by atoms with Gasteiger partial charge in [-0.2, -0.15) is 0 Å². The molecule has 7 heteroatoms. The van der Waals surface area contributed by atoms with Gasteiger partial charge in [0.05, 0.1) is 4.90 Å². The SMILES string of the molecule is CCc1ccc(Nc2ccc(NS(=O)(=O)c3ccc(C)cc3)nn2)cc1. The summed E-state index contributed by atoms with van der Waals surface area (Å²) >= 11 is 0. The molecule has 0 spiro atoms. The van der Waals surface area contributed by atoms with Crippen molar-refractivity contribution in [1.29, 1.82) is 0 Å². The summed E-state index contributed by atoms with van der Waals surface area (Å²) in [6.45, 7) is 4.00. The zero-order valence-electron chi connectivity index (χ0n) is 14.6. The van der Waals surface area contributed by atoms with E-state index in [1.807, 2.05) is 31.2 Å². The number of nitrogens with one attached hydrogen (secondary N) is 2. The van der Waals surface area contributed by atoms with Crippen molar-refractivity contribution in [1.82, 2.24) is 10.2 Å². The van der Waals surface area contributed by atoms with Crippen LogP contribution in [0.15, 0.2) is 65.6 Å². The minimum Gasteiger partial charge on any atom is -0.339 e. The molecule has 0 bridgehead atoms. The zero-order valence-corrected chi connectivity index (χ0v) is 15.4. The van der Waals surface area contributed by atoms with Crippen molar-refractivity contribution in [3.05, 3.63) is 71.8 Å². The van der Waals surface area contributed by atoms with Gasteiger partial charge in [-0.1, -0.05) is 36.8 Å². The predicted octanol–water partition coefficient (Wildman–Crippen LogP) is 3.89. The van der Waals surface area contributed by atoms with E-state index in [0.717, 1.165) is 17.7 Å². The molecule has 0 unspecified atom stereocenters. The highest BCUT2D eigenvalue weighted by Gasteiger charge is 2.14. The predicted molar refractivity (Wildman–Crippen MR) is 103 cm³/mol. The molecule has 0 aliphatic carbocycles. The van der Waals surface area contributed by atoms with Crippen LogP contribution in [0.3, 0.4) is 0 Å². The molecule has 1 heterocycles. The molecule has 0 aliphatic rings. The van der Waals surface area contributed by atoms with Gasteiger partial charge in [0.15, 0.2) is 11.6 Å². The Balaban J connectivity index is 1.69. The molecule has 0 atom stereocenters. The molecule has 26 heavy (non-hydrogen) atoms.